The van der Waals surface area contributed by atoms with Gasteiger partial charge in [0.25, 0.3) is 0 Å². The van der Waals surface area contributed by atoms with Crippen LogP contribution in [0.25, 0.3) is 0 Å². The molecule has 0 radical (unpaired) electrons. The maximum Gasteiger partial charge on any atom is 0.224 e. The summed E-state index contributed by atoms with van der Waals surface area (Å²) in [6.07, 6.45) is -20.3. The Hall–Kier alpha value is -1.04. The van der Waals surface area contributed by atoms with Crippen LogP contribution in [-0.2, 0) is 56.8 Å². The number of hydrogen-bond acceptors (Lipinski definition) is 26. The molecule has 4 aliphatic rings. The molecule has 4 aliphatic heterocycles. The summed E-state index contributed by atoms with van der Waals surface area (Å²) in [7, 11) is 0. The van der Waals surface area contributed by atoms with Crippen LogP contribution in [0, 0.1) is 43.3 Å². The highest BCUT2D eigenvalue weighted by Gasteiger charge is 2.58. The van der Waals surface area contributed by atoms with E-state index in [0.29, 0.717) is 26.4 Å². The molecule has 0 amide bonds. The van der Waals surface area contributed by atoms with Gasteiger partial charge in [0.2, 0.25) is 11.6 Å². The van der Waals surface area contributed by atoms with Crippen LogP contribution in [0.3, 0.4) is 0 Å². The molecule has 18 atom stereocenters. The summed E-state index contributed by atoms with van der Waals surface area (Å²) in [5.74, 6) is -5.17. The van der Waals surface area contributed by atoms with Crippen LogP contribution in [0.5, 0.6) is 0 Å². The van der Waals surface area contributed by atoms with Crippen LogP contribution < -0.4 is 0 Å². The first-order valence-electron chi connectivity index (χ1n) is 31.4. The smallest absolute Gasteiger partial charge is 0.224 e. The Bertz CT molecular complexity index is 1810. The van der Waals surface area contributed by atoms with E-state index in [1.807, 2.05) is 166 Å². The fourth-order valence-electron chi connectivity index (χ4n) is 8.41. The van der Waals surface area contributed by atoms with Crippen LogP contribution in [0.2, 0.25) is 0 Å². The van der Waals surface area contributed by atoms with Crippen LogP contribution >= 0.6 is 0 Å². The normalized spacial score (nSPS) is 33.0. The summed E-state index contributed by atoms with van der Waals surface area (Å²) in [6.45, 7) is 48.0. The molecule has 540 valence electrons. The van der Waals surface area contributed by atoms with Crippen molar-refractivity contribution in [1.29, 1.82) is 0 Å². The van der Waals surface area contributed by atoms with Gasteiger partial charge in [-0.1, -0.05) is 166 Å². The monoisotopic (exact) mass is 1310 g/mol. The van der Waals surface area contributed by atoms with E-state index in [9.17, 15) is 71.5 Å². The molecule has 4 rings (SSSR count). The van der Waals surface area contributed by atoms with Gasteiger partial charge in [0.15, 0.2) is 37.4 Å². The molecule has 4 heterocycles. The summed E-state index contributed by atoms with van der Waals surface area (Å²) in [5.41, 5.74) is -1.20. The van der Waals surface area contributed by atoms with Crippen molar-refractivity contribution < 1.29 is 128 Å². The number of ether oxygens (including phenoxy) is 12. The van der Waals surface area contributed by atoms with E-state index < -0.39 is 135 Å². The Morgan fingerprint density at radius 1 is 0.267 bits per heavy atom. The standard InChI is InChI=1S/2C16H32O7.2C16H32O6/c2*1-14(2,3)8-21-12-10(7-17)23-13(11(18)16(12,19)20)22-9-15(4,5)6;2*1-15(2,3)8-20-13-10(7-17)22-14(12(19)11(13)18)21-9-16(4,5)6/h2*10-13,17-20H,7-9H2,1-6H3;2*10-14,17-19H,7-9H2,1-6H3/t10?,11-,12-,13+;10?,11-,12-,13-;10?,11?,12-,13+,14+;10?,11?,12-,13+,14-/m1100/s1. The third kappa shape index (κ3) is 31.4. The summed E-state index contributed by atoms with van der Waals surface area (Å²) < 4.78 is 66.6. The Morgan fingerprint density at radius 3 is 0.667 bits per heavy atom. The van der Waals surface area contributed by atoms with E-state index in [0.717, 1.165) is 0 Å². The van der Waals surface area contributed by atoms with Gasteiger partial charge < -0.3 is 128 Å². The summed E-state index contributed by atoms with van der Waals surface area (Å²) >= 11 is 0. The van der Waals surface area contributed by atoms with Crippen molar-refractivity contribution in [3.8, 4) is 0 Å². The van der Waals surface area contributed by atoms with Gasteiger partial charge in [0.1, 0.15) is 73.2 Å². The third-order valence-electron chi connectivity index (χ3n) is 13.0. The van der Waals surface area contributed by atoms with Crippen LogP contribution in [-0.4, -0.2) is 273 Å². The zero-order valence-corrected chi connectivity index (χ0v) is 59.0. The first-order valence-corrected chi connectivity index (χ1v) is 31.4. The molecule has 0 bridgehead atoms. The second-order valence-corrected chi connectivity index (χ2v) is 34.1. The highest BCUT2D eigenvalue weighted by molar-refractivity contribution is 4.98. The minimum Gasteiger partial charge on any atom is -0.394 e. The van der Waals surface area contributed by atoms with Gasteiger partial charge in [-0.3, -0.25) is 0 Å². The molecular weight excluding hydrogens is 1180 g/mol. The first-order chi connectivity index (χ1) is 40.4. The molecule has 14 N–H and O–H groups in total. The lowest BCUT2D eigenvalue weighted by atomic mass is 9.93. The minimum absolute atomic E-state index is 0.0930. The lowest BCUT2D eigenvalue weighted by Crippen LogP contribution is -2.68. The average molecular weight is 1310 g/mol. The number of aliphatic hydroxyl groups is 14. The predicted octanol–water partition coefficient (Wildman–Crippen LogP) is 2.32. The fourth-order valence-corrected chi connectivity index (χ4v) is 8.41. The second-order valence-electron chi connectivity index (χ2n) is 34.1. The van der Waals surface area contributed by atoms with E-state index in [1.54, 1.807) is 0 Å². The number of hydrogen-bond donors (Lipinski definition) is 14. The fraction of sp³-hybridized carbons (Fsp3) is 1.00. The first kappa shape index (κ1) is 87.0. The van der Waals surface area contributed by atoms with Crippen molar-refractivity contribution in [2.45, 2.75) is 288 Å². The molecule has 0 aromatic rings. The van der Waals surface area contributed by atoms with Crippen molar-refractivity contribution in [2.24, 2.45) is 43.3 Å². The van der Waals surface area contributed by atoms with E-state index in [4.69, 9.17) is 56.8 Å². The van der Waals surface area contributed by atoms with Crippen molar-refractivity contribution in [3.63, 3.8) is 0 Å². The molecule has 0 aliphatic carbocycles. The highest BCUT2D eigenvalue weighted by atomic mass is 16.7. The van der Waals surface area contributed by atoms with Crippen molar-refractivity contribution >= 4 is 0 Å². The average Bonchev–Trinajstić information content (AvgIpc) is 3.59. The Labute approximate surface area is 537 Å². The summed E-state index contributed by atoms with van der Waals surface area (Å²) in [4.78, 5) is 0. The highest BCUT2D eigenvalue weighted by Crippen LogP contribution is 2.36. The largest absolute Gasteiger partial charge is 0.394 e. The topological polar surface area (TPSA) is 394 Å². The van der Waals surface area contributed by atoms with Gasteiger partial charge in [-0.25, -0.2) is 0 Å². The van der Waals surface area contributed by atoms with Crippen molar-refractivity contribution in [2.75, 3.05) is 79.3 Å². The van der Waals surface area contributed by atoms with Crippen molar-refractivity contribution in [1.82, 2.24) is 0 Å². The van der Waals surface area contributed by atoms with Crippen LogP contribution in [0.15, 0.2) is 0 Å². The van der Waals surface area contributed by atoms with Gasteiger partial charge in [-0.2, -0.15) is 0 Å². The Kier molecular flexibility index (Phi) is 34.3. The van der Waals surface area contributed by atoms with E-state index >= 15 is 0 Å². The van der Waals surface area contributed by atoms with Gasteiger partial charge in [-0.15, -0.1) is 0 Å². The molecule has 4 fully saturated rings. The molecule has 0 spiro atoms. The third-order valence-corrected chi connectivity index (χ3v) is 13.0. The summed E-state index contributed by atoms with van der Waals surface area (Å²) in [6, 6.07) is 0. The van der Waals surface area contributed by atoms with Gasteiger partial charge >= 0.3 is 0 Å². The quantitative estimate of drug-likeness (QED) is 0.0778. The molecule has 0 saturated carbocycles. The van der Waals surface area contributed by atoms with Crippen LogP contribution in [0.4, 0.5) is 0 Å². The number of aliphatic hydroxyl groups excluding tert-OH is 10. The molecule has 0 aromatic carbocycles. The SMILES string of the molecule is CC(C)(C)CO[C@@H]1C(CO)O[C@@H](OCC(C)(C)C)[C@@H](O)C1O.CC(C)(C)CO[C@@H]1C(CO)O[C@H](OCC(C)(C)C)[C@@H](O)C1O.CC(C)(C)CO[C@@H]1OC(CO)[C@@H](OCC(C)(C)C)C(O)(O)[C@@H]1O.CC(C)(C)CO[C@H]1OC(CO)[C@@H](OCC(C)(C)C)C(O)(O)[C@@H]1O. The summed E-state index contributed by atoms with van der Waals surface area (Å²) in [5, 5.41) is 141. The zero-order chi connectivity index (χ0) is 70.4. The maximum absolute atomic E-state index is 10.3. The lowest BCUT2D eigenvalue weighted by molar-refractivity contribution is -0.396. The van der Waals surface area contributed by atoms with E-state index in [-0.39, 0.29) is 83.0 Å². The van der Waals surface area contributed by atoms with Crippen LogP contribution in [0.1, 0.15) is 166 Å². The molecule has 4 saturated heterocycles. The maximum atomic E-state index is 10.3. The Morgan fingerprint density at radius 2 is 0.456 bits per heavy atom. The molecule has 0 aromatic heterocycles. The molecule has 26 nitrogen and oxygen atoms in total. The molecule has 90 heavy (non-hydrogen) atoms. The van der Waals surface area contributed by atoms with Gasteiger partial charge in [0.05, 0.1) is 79.3 Å². The number of rotatable bonds is 20. The van der Waals surface area contributed by atoms with E-state index in [1.165, 1.54) is 0 Å². The minimum atomic E-state index is -2.58. The second kappa shape index (κ2) is 35.5. The van der Waals surface area contributed by atoms with Gasteiger partial charge in [0, 0.05) is 0 Å². The molecular formula is C64H128O26. The molecule has 26 heteroatoms. The lowest BCUT2D eigenvalue weighted by Gasteiger charge is -2.47. The van der Waals surface area contributed by atoms with E-state index in [2.05, 4.69) is 0 Å². The van der Waals surface area contributed by atoms with Crippen molar-refractivity contribution in [3.05, 3.63) is 0 Å². The molecule has 6 unspecified atom stereocenters. The zero-order valence-electron chi connectivity index (χ0n) is 59.0. The van der Waals surface area contributed by atoms with Gasteiger partial charge in [-0.05, 0) is 43.3 Å². The Balaban J connectivity index is 0.000000600. The predicted molar refractivity (Wildman–Crippen MR) is 332 cm³/mol.